The lowest BCUT2D eigenvalue weighted by Gasteiger charge is -2.32. The molecule has 5 heteroatoms. The van der Waals surface area contributed by atoms with Gasteiger partial charge in [-0.25, -0.2) is 4.39 Å². The van der Waals surface area contributed by atoms with Crippen molar-refractivity contribution in [2.24, 2.45) is 0 Å². The molecule has 1 saturated heterocycles. The standard InChI is InChI=1S/C19H21FN2O2/c1-21-10-12-22(13-11-21)19(23)17-4-2-3-5-18(17)24-14-15-6-8-16(20)9-7-15/h2-9H,10-14H2,1H3. The number of amides is 1. The predicted molar refractivity (Wildman–Crippen MR) is 90.6 cm³/mol. The van der Waals surface area contributed by atoms with Crippen molar-refractivity contribution in [1.29, 1.82) is 0 Å². The Balaban J connectivity index is 1.70. The van der Waals surface area contributed by atoms with Crippen molar-refractivity contribution in [2.45, 2.75) is 6.61 Å². The Hall–Kier alpha value is -2.40. The van der Waals surface area contributed by atoms with Gasteiger partial charge in [0.25, 0.3) is 5.91 Å². The maximum Gasteiger partial charge on any atom is 0.257 e. The third-order valence-corrected chi connectivity index (χ3v) is 4.22. The summed E-state index contributed by atoms with van der Waals surface area (Å²) >= 11 is 0. The number of piperazine rings is 1. The molecule has 1 aliphatic heterocycles. The quantitative estimate of drug-likeness (QED) is 0.865. The zero-order valence-corrected chi connectivity index (χ0v) is 13.7. The topological polar surface area (TPSA) is 32.8 Å². The Morgan fingerprint density at radius 2 is 1.71 bits per heavy atom. The maximum absolute atomic E-state index is 13.0. The number of carbonyl (C=O) groups is 1. The predicted octanol–water partition coefficient (Wildman–Crippen LogP) is 2.79. The van der Waals surface area contributed by atoms with Crippen molar-refractivity contribution >= 4 is 5.91 Å². The fourth-order valence-corrected chi connectivity index (χ4v) is 2.69. The molecule has 0 aromatic heterocycles. The van der Waals surface area contributed by atoms with Gasteiger partial charge in [-0.1, -0.05) is 24.3 Å². The van der Waals surface area contributed by atoms with Gasteiger partial charge in [-0.05, 0) is 36.9 Å². The van der Waals surface area contributed by atoms with Crippen molar-refractivity contribution in [2.75, 3.05) is 33.2 Å². The van der Waals surface area contributed by atoms with E-state index in [9.17, 15) is 9.18 Å². The monoisotopic (exact) mass is 328 g/mol. The van der Waals surface area contributed by atoms with Crippen LogP contribution in [0.2, 0.25) is 0 Å². The highest BCUT2D eigenvalue weighted by molar-refractivity contribution is 5.97. The average molecular weight is 328 g/mol. The van der Waals surface area contributed by atoms with Crippen molar-refractivity contribution in [3.63, 3.8) is 0 Å². The minimum absolute atomic E-state index is 0.00203. The number of para-hydroxylation sites is 1. The highest BCUT2D eigenvalue weighted by Gasteiger charge is 2.22. The molecule has 0 spiro atoms. The Kier molecular flexibility index (Phi) is 5.11. The van der Waals surface area contributed by atoms with E-state index < -0.39 is 0 Å². The number of hydrogen-bond acceptors (Lipinski definition) is 3. The minimum Gasteiger partial charge on any atom is -0.488 e. The Bertz CT molecular complexity index is 695. The van der Waals surface area contributed by atoms with E-state index in [0.29, 0.717) is 17.9 Å². The molecule has 126 valence electrons. The smallest absolute Gasteiger partial charge is 0.257 e. The van der Waals surface area contributed by atoms with Crippen LogP contribution in [-0.4, -0.2) is 48.9 Å². The number of rotatable bonds is 4. The van der Waals surface area contributed by atoms with Crippen molar-refractivity contribution in [3.8, 4) is 5.75 Å². The molecular weight excluding hydrogens is 307 g/mol. The van der Waals surface area contributed by atoms with E-state index in [1.54, 1.807) is 24.3 Å². The molecule has 2 aromatic carbocycles. The van der Waals surface area contributed by atoms with Gasteiger partial charge in [-0.2, -0.15) is 0 Å². The summed E-state index contributed by atoms with van der Waals surface area (Å²) in [4.78, 5) is 16.8. The third kappa shape index (κ3) is 3.92. The molecular formula is C19H21FN2O2. The van der Waals surface area contributed by atoms with Crippen LogP contribution in [-0.2, 0) is 6.61 Å². The molecule has 24 heavy (non-hydrogen) atoms. The summed E-state index contributed by atoms with van der Waals surface area (Å²) in [6, 6.07) is 13.4. The van der Waals surface area contributed by atoms with Gasteiger partial charge in [-0.3, -0.25) is 4.79 Å². The van der Waals surface area contributed by atoms with Gasteiger partial charge in [0.15, 0.2) is 0 Å². The number of hydrogen-bond donors (Lipinski definition) is 0. The van der Waals surface area contributed by atoms with Crippen LogP contribution >= 0.6 is 0 Å². The average Bonchev–Trinajstić information content (AvgIpc) is 2.61. The Morgan fingerprint density at radius 1 is 1.04 bits per heavy atom. The summed E-state index contributed by atoms with van der Waals surface area (Å²) < 4.78 is 18.8. The molecule has 1 amide bonds. The van der Waals surface area contributed by atoms with Gasteiger partial charge in [0.1, 0.15) is 18.2 Å². The molecule has 0 saturated carbocycles. The lowest BCUT2D eigenvalue weighted by molar-refractivity contribution is 0.0659. The molecule has 0 radical (unpaired) electrons. The van der Waals surface area contributed by atoms with E-state index in [4.69, 9.17) is 4.74 Å². The van der Waals surface area contributed by atoms with E-state index in [2.05, 4.69) is 11.9 Å². The number of carbonyl (C=O) groups excluding carboxylic acids is 1. The zero-order chi connectivity index (χ0) is 16.9. The first kappa shape index (κ1) is 16.5. The molecule has 1 heterocycles. The molecule has 0 unspecified atom stereocenters. The van der Waals surface area contributed by atoms with Crippen LogP contribution in [0.4, 0.5) is 4.39 Å². The van der Waals surface area contributed by atoms with Gasteiger partial charge < -0.3 is 14.5 Å². The highest BCUT2D eigenvalue weighted by atomic mass is 19.1. The van der Waals surface area contributed by atoms with Gasteiger partial charge in [0.2, 0.25) is 0 Å². The van der Waals surface area contributed by atoms with Gasteiger partial charge in [0.05, 0.1) is 5.56 Å². The summed E-state index contributed by atoms with van der Waals surface area (Å²) in [6.45, 7) is 3.51. The molecule has 2 aromatic rings. The Labute approximate surface area is 141 Å². The van der Waals surface area contributed by atoms with E-state index in [1.807, 2.05) is 17.0 Å². The highest BCUT2D eigenvalue weighted by Crippen LogP contribution is 2.22. The minimum atomic E-state index is -0.274. The number of nitrogens with zero attached hydrogens (tertiary/aromatic N) is 2. The Morgan fingerprint density at radius 3 is 2.42 bits per heavy atom. The van der Waals surface area contributed by atoms with Crippen LogP contribution in [0.5, 0.6) is 5.75 Å². The van der Waals surface area contributed by atoms with Gasteiger partial charge in [-0.15, -0.1) is 0 Å². The second-order valence-corrected chi connectivity index (χ2v) is 6.01. The first-order valence-corrected chi connectivity index (χ1v) is 8.07. The summed E-state index contributed by atoms with van der Waals surface area (Å²) in [5, 5.41) is 0. The van der Waals surface area contributed by atoms with Crippen LogP contribution in [0.25, 0.3) is 0 Å². The van der Waals surface area contributed by atoms with Crippen LogP contribution in [0.3, 0.4) is 0 Å². The summed E-state index contributed by atoms with van der Waals surface area (Å²) in [6.07, 6.45) is 0. The molecule has 3 rings (SSSR count). The zero-order valence-electron chi connectivity index (χ0n) is 13.7. The third-order valence-electron chi connectivity index (χ3n) is 4.22. The molecule has 1 fully saturated rings. The van der Waals surface area contributed by atoms with Crippen molar-refractivity contribution < 1.29 is 13.9 Å². The molecule has 0 bridgehead atoms. The van der Waals surface area contributed by atoms with Crippen LogP contribution in [0.15, 0.2) is 48.5 Å². The van der Waals surface area contributed by atoms with Crippen LogP contribution in [0, 0.1) is 5.82 Å². The first-order valence-electron chi connectivity index (χ1n) is 8.07. The largest absolute Gasteiger partial charge is 0.488 e. The maximum atomic E-state index is 13.0. The fourth-order valence-electron chi connectivity index (χ4n) is 2.69. The van der Waals surface area contributed by atoms with Crippen LogP contribution in [0.1, 0.15) is 15.9 Å². The van der Waals surface area contributed by atoms with E-state index in [-0.39, 0.29) is 11.7 Å². The molecule has 0 N–H and O–H groups in total. The van der Waals surface area contributed by atoms with Crippen LogP contribution < -0.4 is 4.74 Å². The lowest BCUT2D eigenvalue weighted by atomic mass is 10.1. The number of benzene rings is 2. The number of likely N-dealkylation sites (N-methyl/N-ethyl adjacent to an activating group) is 1. The van der Waals surface area contributed by atoms with E-state index in [0.717, 1.165) is 31.7 Å². The van der Waals surface area contributed by atoms with Crippen molar-refractivity contribution in [3.05, 3.63) is 65.5 Å². The SMILES string of the molecule is CN1CCN(C(=O)c2ccccc2OCc2ccc(F)cc2)CC1. The van der Waals surface area contributed by atoms with E-state index >= 15 is 0 Å². The lowest BCUT2D eigenvalue weighted by Crippen LogP contribution is -2.47. The summed E-state index contributed by atoms with van der Waals surface area (Å²) in [7, 11) is 2.06. The number of halogens is 1. The first-order chi connectivity index (χ1) is 11.6. The molecule has 0 aliphatic carbocycles. The molecule has 1 aliphatic rings. The molecule has 4 nitrogen and oxygen atoms in total. The van der Waals surface area contributed by atoms with E-state index in [1.165, 1.54) is 12.1 Å². The fraction of sp³-hybridized carbons (Fsp3) is 0.316. The molecule has 0 atom stereocenters. The van der Waals surface area contributed by atoms with Gasteiger partial charge in [0, 0.05) is 26.2 Å². The normalized spacial score (nSPS) is 15.3. The summed E-state index contributed by atoms with van der Waals surface area (Å²) in [5.41, 5.74) is 1.43. The summed E-state index contributed by atoms with van der Waals surface area (Å²) in [5.74, 6) is 0.285. The van der Waals surface area contributed by atoms with Crippen molar-refractivity contribution in [1.82, 2.24) is 9.80 Å². The number of ether oxygens (including phenoxy) is 1. The van der Waals surface area contributed by atoms with Gasteiger partial charge >= 0.3 is 0 Å². The second kappa shape index (κ2) is 7.45. The second-order valence-electron chi connectivity index (χ2n) is 6.01.